The maximum Gasteiger partial charge on any atom is 0.389 e. The molecular weight excluding hydrogens is 527 g/mol. The zero-order chi connectivity index (χ0) is 30.6. The van der Waals surface area contributed by atoms with Crippen LogP contribution in [0.5, 0.6) is 0 Å². The van der Waals surface area contributed by atoms with E-state index in [-0.39, 0.29) is 40.3 Å². The van der Waals surface area contributed by atoms with Crippen LogP contribution in [0.4, 0.5) is 13.2 Å². The van der Waals surface area contributed by atoms with Gasteiger partial charge in [-0.15, -0.1) is 0 Å². The third-order valence-electron chi connectivity index (χ3n) is 13.0. The molecule has 0 N–H and O–H groups in total. The van der Waals surface area contributed by atoms with Crippen molar-refractivity contribution >= 4 is 17.3 Å². The Hall–Kier alpha value is -2.23. The van der Waals surface area contributed by atoms with E-state index in [2.05, 4.69) is 39.5 Å². The zero-order valence-electron chi connectivity index (χ0n) is 25.6. The van der Waals surface area contributed by atoms with Gasteiger partial charge in [0.1, 0.15) is 5.78 Å². The highest BCUT2D eigenvalue weighted by Crippen LogP contribution is 2.74. The second kappa shape index (κ2) is 8.89. The summed E-state index contributed by atoms with van der Waals surface area (Å²) in [7, 11) is 0. The van der Waals surface area contributed by atoms with Crippen LogP contribution < -0.4 is 0 Å². The lowest BCUT2D eigenvalue weighted by Gasteiger charge is -2.69. The van der Waals surface area contributed by atoms with E-state index in [0.717, 1.165) is 24.8 Å². The molecule has 0 aliphatic heterocycles. The van der Waals surface area contributed by atoms with E-state index in [9.17, 15) is 27.6 Å². The summed E-state index contributed by atoms with van der Waals surface area (Å²) in [4.78, 5) is 45.1. The summed E-state index contributed by atoms with van der Waals surface area (Å²) in [5.74, 6) is -1.32. The maximum absolute atomic E-state index is 14.5. The highest BCUT2D eigenvalue weighted by Gasteiger charge is 2.70. The topological polar surface area (TPSA) is 55.6 Å². The molecule has 0 aromatic heterocycles. The van der Waals surface area contributed by atoms with E-state index in [1.54, 1.807) is 6.08 Å². The molecule has 5 aliphatic carbocycles. The van der Waals surface area contributed by atoms with Crippen LogP contribution in [0.25, 0.3) is 4.85 Å². The Morgan fingerprint density at radius 1 is 1.00 bits per heavy atom. The molecule has 5 rings (SSSR count). The summed E-state index contributed by atoms with van der Waals surface area (Å²) in [5, 5.41) is 0. The number of fused-ring (bicyclic) bond motifs is 7. The molecule has 0 aromatic rings. The largest absolute Gasteiger partial charge is 0.389 e. The molecule has 41 heavy (non-hydrogen) atoms. The van der Waals surface area contributed by atoms with Gasteiger partial charge in [-0.3, -0.25) is 9.59 Å². The van der Waals surface area contributed by atoms with Crippen LogP contribution in [0.3, 0.4) is 0 Å². The Labute approximate surface area is 242 Å². The minimum absolute atomic E-state index is 0.0373. The monoisotopic (exact) mass is 571 g/mol. The van der Waals surface area contributed by atoms with Gasteiger partial charge in [-0.2, -0.15) is 13.2 Å². The molecule has 3 fully saturated rings. The fourth-order valence-electron chi connectivity index (χ4n) is 10.6. The van der Waals surface area contributed by atoms with E-state index in [4.69, 9.17) is 6.57 Å². The van der Waals surface area contributed by atoms with Crippen molar-refractivity contribution in [2.45, 2.75) is 112 Å². The number of rotatable bonds is 3. The third-order valence-corrected chi connectivity index (χ3v) is 13.0. The number of ketones is 3. The van der Waals surface area contributed by atoms with Crippen molar-refractivity contribution in [2.24, 2.45) is 50.2 Å². The van der Waals surface area contributed by atoms with Crippen molar-refractivity contribution < 1.29 is 27.6 Å². The first-order valence-electron chi connectivity index (χ1n) is 15.2. The second-order valence-corrected chi connectivity index (χ2v) is 15.9. The normalized spacial score (nSPS) is 42.9. The van der Waals surface area contributed by atoms with Gasteiger partial charge in [0.05, 0.1) is 13.0 Å². The first-order chi connectivity index (χ1) is 18.7. The molecular formula is C34H44F3NO3. The Balaban J connectivity index is 1.65. The summed E-state index contributed by atoms with van der Waals surface area (Å²) in [6, 6.07) is 0. The van der Waals surface area contributed by atoms with Gasteiger partial charge in [-0.1, -0.05) is 60.1 Å². The highest BCUT2D eigenvalue weighted by molar-refractivity contribution is 6.03. The standard InChI is InChI=1S/C34H44F3NO3/c1-28(2)13-15-33(25(40)10-12-34(35,36)37)16-14-32(7)26(20(33)18-28)22(39)17-24-30(5)19-21(38-8)27(41)29(3,4)23(30)9-11-31(24,32)6/h17,19-20,23,26H,9-16,18H2,1-7H3/t20-,23-,26-,30-,31+,32+,33-/m0/s1. The van der Waals surface area contributed by atoms with Gasteiger partial charge >= 0.3 is 6.18 Å². The molecule has 7 heteroatoms. The van der Waals surface area contributed by atoms with Gasteiger partial charge in [0.15, 0.2) is 11.6 Å². The fourth-order valence-corrected chi connectivity index (χ4v) is 10.6. The quantitative estimate of drug-likeness (QED) is 0.319. The van der Waals surface area contributed by atoms with Crippen molar-refractivity contribution in [1.29, 1.82) is 0 Å². The number of alkyl halides is 3. The van der Waals surface area contributed by atoms with Crippen LogP contribution in [-0.4, -0.2) is 23.5 Å². The summed E-state index contributed by atoms with van der Waals surface area (Å²) < 4.78 is 39.6. The van der Waals surface area contributed by atoms with E-state index in [0.29, 0.717) is 25.7 Å². The maximum atomic E-state index is 14.5. The predicted molar refractivity (Wildman–Crippen MR) is 150 cm³/mol. The van der Waals surface area contributed by atoms with Gasteiger partial charge in [-0.05, 0) is 79.1 Å². The van der Waals surface area contributed by atoms with Crippen molar-refractivity contribution in [3.05, 3.63) is 34.8 Å². The first-order valence-corrected chi connectivity index (χ1v) is 15.2. The molecule has 0 amide bonds. The molecule has 3 saturated carbocycles. The molecule has 4 nitrogen and oxygen atoms in total. The molecule has 0 heterocycles. The Bertz CT molecular complexity index is 1310. The molecule has 0 bridgehead atoms. The summed E-state index contributed by atoms with van der Waals surface area (Å²) in [6.07, 6.45) is 2.12. The SMILES string of the molecule is [C-]#[N+]C1=C[C@]2(C)C3=CC(=O)[C@@H]4[C@@H]5CC(C)(C)CC[C@]5(C(=O)CCC(F)(F)F)CC[C@@]4(C)[C@]3(C)CC[C@H]2C(C)(C)C1=O. The van der Waals surface area contributed by atoms with E-state index in [1.807, 2.05) is 19.9 Å². The second-order valence-electron chi connectivity index (χ2n) is 15.9. The lowest BCUT2D eigenvalue weighted by molar-refractivity contribution is -0.180. The molecule has 0 spiro atoms. The predicted octanol–water partition coefficient (Wildman–Crippen LogP) is 8.47. The number of carbonyl (C=O) groups is 3. The van der Waals surface area contributed by atoms with Crippen LogP contribution in [0.1, 0.15) is 106 Å². The minimum atomic E-state index is -4.40. The fraction of sp³-hybridized carbons (Fsp3) is 0.765. The molecule has 0 aromatic carbocycles. The van der Waals surface area contributed by atoms with Gasteiger partial charge in [0.2, 0.25) is 5.70 Å². The molecule has 0 radical (unpaired) electrons. The number of carbonyl (C=O) groups excluding carboxylic acids is 3. The van der Waals surface area contributed by atoms with Crippen molar-refractivity contribution in [3.63, 3.8) is 0 Å². The zero-order valence-corrected chi connectivity index (χ0v) is 25.6. The number of Topliss-reactive ketones (excluding diaryl/α,β-unsaturated/α-hetero) is 2. The number of hydrogen-bond acceptors (Lipinski definition) is 3. The van der Waals surface area contributed by atoms with Gasteiger partial charge in [0, 0.05) is 28.6 Å². The average molecular weight is 572 g/mol. The third kappa shape index (κ3) is 4.08. The number of halogens is 3. The summed E-state index contributed by atoms with van der Waals surface area (Å²) in [5.41, 5.74) is -2.20. The Kier molecular flexibility index (Phi) is 6.56. The van der Waals surface area contributed by atoms with E-state index in [1.165, 1.54) is 0 Å². The van der Waals surface area contributed by atoms with Crippen LogP contribution >= 0.6 is 0 Å². The van der Waals surface area contributed by atoms with Crippen LogP contribution in [0, 0.1) is 56.8 Å². The van der Waals surface area contributed by atoms with E-state index >= 15 is 0 Å². The molecule has 0 unspecified atom stereocenters. The van der Waals surface area contributed by atoms with Crippen LogP contribution in [0.15, 0.2) is 23.4 Å². The minimum Gasteiger partial charge on any atom is -0.307 e. The lowest BCUT2D eigenvalue weighted by atomic mass is 9.34. The van der Waals surface area contributed by atoms with Crippen LogP contribution in [-0.2, 0) is 14.4 Å². The number of allylic oxidation sites excluding steroid dienone is 4. The van der Waals surface area contributed by atoms with Gasteiger partial charge in [0.25, 0.3) is 0 Å². The molecule has 7 atom stereocenters. The summed E-state index contributed by atoms with van der Waals surface area (Å²) >= 11 is 0. The van der Waals surface area contributed by atoms with Gasteiger partial charge in [-0.25, -0.2) is 4.85 Å². The van der Waals surface area contributed by atoms with Gasteiger partial charge < -0.3 is 4.79 Å². The number of nitrogens with zero attached hydrogens (tertiary/aromatic N) is 1. The molecule has 224 valence electrons. The summed E-state index contributed by atoms with van der Waals surface area (Å²) in [6.45, 7) is 22.3. The average Bonchev–Trinajstić information content (AvgIpc) is 2.85. The molecule has 5 aliphatic rings. The van der Waals surface area contributed by atoms with E-state index < -0.39 is 52.0 Å². The first kappa shape index (κ1) is 30.2. The van der Waals surface area contributed by atoms with Crippen molar-refractivity contribution in [2.75, 3.05) is 0 Å². The Morgan fingerprint density at radius 3 is 2.24 bits per heavy atom. The lowest BCUT2D eigenvalue weighted by Crippen LogP contribution is -2.65. The van der Waals surface area contributed by atoms with Crippen molar-refractivity contribution in [3.8, 4) is 0 Å². The highest BCUT2D eigenvalue weighted by atomic mass is 19.4. The smallest absolute Gasteiger partial charge is 0.307 e. The number of hydrogen-bond donors (Lipinski definition) is 0. The van der Waals surface area contributed by atoms with Crippen LogP contribution in [0.2, 0.25) is 0 Å². The Morgan fingerprint density at radius 2 is 1.63 bits per heavy atom. The van der Waals surface area contributed by atoms with Crippen molar-refractivity contribution in [1.82, 2.24) is 0 Å². The molecule has 0 saturated heterocycles.